The lowest BCUT2D eigenvalue weighted by atomic mass is 10.0. The lowest BCUT2D eigenvalue weighted by molar-refractivity contribution is -0.119. The molecule has 4 aromatic rings. The Morgan fingerprint density at radius 1 is 1.03 bits per heavy atom. The summed E-state index contributed by atoms with van der Waals surface area (Å²) in [5.41, 5.74) is 3.40. The highest BCUT2D eigenvalue weighted by Crippen LogP contribution is 2.26. The van der Waals surface area contributed by atoms with Gasteiger partial charge < -0.3 is 15.1 Å². The van der Waals surface area contributed by atoms with Crippen molar-refractivity contribution in [3.05, 3.63) is 84.3 Å². The van der Waals surface area contributed by atoms with E-state index >= 15 is 0 Å². The van der Waals surface area contributed by atoms with Gasteiger partial charge in [0.1, 0.15) is 5.76 Å². The van der Waals surface area contributed by atoms with Crippen LogP contribution in [0.15, 0.2) is 81.8 Å². The van der Waals surface area contributed by atoms with Gasteiger partial charge in [-0.25, -0.2) is 0 Å². The van der Waals surface area contributed by atoms with Crippen molar-refractivity contribution in [1.29, 1.82) is 0 Å². The first-order valence-electron chi connectivity index (χ1n) is 9.84. The molecule has 0 bridgehead atoms. The number of amides is 1. The van der Waals surface area contributed by atoms with Crippen molar-refractivity contribution in [3.63, 3.8) is 0 Å². The standard InChI is InChI=1S/C23H22N4O2S2/c1-16(17-9-11-19(12-10-17)18-6-3-2-4-7-18)25-21(28)15-30-23-27-26-22(31-23)24-14-20-8-5-13-29-20/h2-13,16H,14-15H2,1H3,(H,24,26)(H,25,28)/t16-/m0/s1. The van der Waals surface area contributed by atoms with Crippen LogP contribution in [0, 0.1) is 0 Å². The van der Waals surface area contributed by atoms with E-state index in [4.69, 9.17) is 4.42 Å². The Balaban J connectivity index is 1.24. The highest BCUT2D eigenvalue weighted by atomic mass is 32.2. The number of furan rings is 1. The zero-order valence-corrected chi connectivity index (χ0v) is 18.6. The van der Waals surface area contributed by atoms with Crippen molar-refractivity contribution in [3.8, 4) is 11.1 Å². The van der Waals surface area contributed by atoms with Crippen molar-refractivity contribution >= 4 is 34.1 Å². The van der Waals surface area contributed by atoms with Gasteiger partial charge >= 0.3 is 0 Å². The first kappa shape index (κ1) is 21.1. The molecule has 0 unspecified atom stereocenters. The van der Waals surface area contributed by atoms with Gasteiger partial charge in [-0.2, -0.15) is 0 Å². The number of anilines is 1. The molecule has 1 amide bonds. The second-order valence-electron chi connectivity index (χ2n) is 6.87. The molecule has 2 N–H and O–H groups in total. The smallest absolute Gasteiger partial charge is 0.230 e. The molecule has 0 saturated carbocycles. The molecule has 0 radical (unpaired) electrons. The number of rotatable bonds is 9. The number of aromatic nitrogens is 2. The summed E-state index contributed by atoms with van der Waals surface area (Å²) in [6.07, 6.45) is 1.63. The fraction of sp³-hybridized carbons (Fsp3) is 0.174. The molecule has 0 aliphatic carbocycles. The van der Waals surface area contributed by atoms with Gasteiger partial charge in [0.15, 0.2) is 4.34 Å². The first-order valence-corrected chi connectivity index (χ1v) is 11.6. The van der Waals surface area contributed by atoms with Crippen LogP contribution in [0.2, 0.25) is 0 Å². The molecular weight excluding hydrogens is 428 g/mol. The number of carbonyl (C=O) groups excluding carboxylic acids is 1. The number of hydrogen-bond acceptors (Lipinski definition) is 7. The number of thioether (sulfide) groups is 1. The minimum atomic E-state index is -0.0714. The summed E-state index contributed by atoms with van der Waals surface area (Å²) in [4.78, 5) is 12.4. The van der Waals surface area contributed by atoms with Crippen LogP contribution < -0.4 is 10.6 Å². The van der Waals surface area contributed by atoms with Gasteiger partial charge in [-0.15, -0.1) is 10.2 Å². The molecule has 8 heteroatoms. The molecule has 0 spiro atoms. The lowest BCUT2D eigenvalue weighted by Crippen LogP contribution is -2.28. The minimum absolute atomic E-state index is 0.0371. The molecule has 0 saturated heterocycles. The normalized spacial score (nSPS) is 11.8. The number of hydrogen-bond donors (Lipinski definition) is 2. The number of benzene rings is 2. The summed E-state index contributed by atoms with van der Waals surface area (Å²) in [5, 5.41) is 15.1. The van der Waals surface area contributed by atoms with Crippen molar-refractivity contribution in [2.24, 2.45) is 0 Å². The van der Waals surface area contributed by atoms with Crippen molar-refractivity contribution in [2.45, 2.75) is 23.8 Å². The quantitative estimate of drug-likeness (QED) is 0.333. The van der Waals surface area contributed by atoms with E-state index in [0.717, 1.165) is 21.2 Å². The van der Waals surface area contributed by atoms with Gasteiger partial charge in [0.2, 0.25) is 11.0 Å². The number of nitrogens with zero attached hydrogens (tertiary/aromatic N) is 2. The first-order chi connectivity index (χ1) is 15.2. The Morgan fingerprint density at radius 3 is 2.55 bits per heavy atom. The molecule has 4 rings (SSSR count). The van der Waals surface area contributed by atoms with Crippen molar-refractivity contribution < 1.29 is 9.21 Å². The van der Waals surface area contributed by atoms with E-state index in [9.17, 15) is 4.79 Å². The maximum absolute atomic E-state index is 12.4. The fourth-order valence-electron chi connectivity index (χ4n) is 3.00. The van der Waals surface area contributed by atoms with Crippen LogP contribution in [0.5, 0.6) is 0 Å². The van der Waals surface area contributed by atoms with Crippen LogP contribution in [0.25, 0.3) is 11.1 Å². The molecule has 158 valence electrons. The molecule has 2 aromatic heterocycles. The zero-order valence-electron chi connectivity index (χ0n) is 16.9. The topological polar surface area (TPSA) is 80.0 Å². The summed E-state index contributed by atoms with van der Waals surface area (Å²) in [7, 11) is 0. The Kier molecular flexibility index (Phi) is 7.01. The molecule has 0 aliphatic rings. The highest BCUT2D eigenvalue weighted by molar-refractivity contribution is 8.01. The minimum Gasteiger partial charge on any atom is -0.467 e. The molecule has 0 aliphatic heterocycles. The van der Waals surface area contributed by atoms with Gasteiger partial charge in [-0.3, -0.25) is 4.79 Å². The summed E-state index contributed by atoms with van der Waals surface area (Å²) in [6, 6.07) is 22.2. The third-order valence-corrected chi connectivity index (χ3v) is 6.64. The van der Waals surface area contributed by atoms with Gasteiger partial charge in [0.25, 0.3) is 0 Å². The average molecular weight is 451 g/mol. The van der Waals surface area contributed by atoms with E-state index in [1.54, 1.807) is 6.26 Å². The Labute approximate surface area is 189 Å². The predicted molar refractivity (Wildman–Crippen MR) is 125 cm³/mol. The van der Waals surface area contributed by atoms with E-state index in [-0.39, 0.29) is 11.9 Å². The van der Waals surface area contributed by atoms with Crippen LogP contribution in [-0.2, 0) is 11.3 Å². The maximum atomic E-state index is 12.4. The molecule has 31 heavy (non-hydrogen) atoms. The van der Waals surface area contributed by atoms with E-state index in [2.05, 4.69) is 57.2 Å². The molecule has 2 heterocycles. The largest absolute Gasteiger partial charge is 0.467 e. The molecule has 6 nitrogen and oxygen atoms in total. The third-order valence-electron chi connectivity index (χ3n) is 4.62. The maximum Gasteiger partial charge on any atom is 0.230 e. The monoisotopic (exact) mass is 450 g/mol. The van der Waals surface area contributed by atoms with Crippen LogP contribution in [0.1, 0.15) is 24.3 Å². The van der Waals surface area contributed by atoms with Gasteiger partial charge in [0.05, 0.1) is 24.6 Å². The van der Waals surface area contributed by atoms with Gasteiger partial charge in [-0.05, 0) is 35.7 Å². The second kappa shape index (κ2) is 10.3. The summed E-state index contributed by atoms with van der Waals surface area (Å²) in [6.45, 7) is 2.54. The van der Waals surface area contributed by atoms with Gasteiger partial charge in [-0.1, -0.05) is 77.7 Å². The van der Waals surface area contributed by atoms with Crippen LogP contribution in [0.3, 0.4) is 0 Å². The average Bonchev–Trinajstić information content (AvgIpc) is 3.49. The van der Waals surface area contributed by atoms with Crippen LogP contribution in [-0.4, -0.2) is 21.9 Å². The van der Waals surface area contributed by atoms with Crippen molar-refractivity contribution in [1.82, 2.24) is 15.5 Å². The molecule has 2 aromatic carbocycles. The van der Waals surface area contributed by atoms with E-state index in [0.29, 0.717) is 17.4 Å². The highest BCUT2D eigenvalue weighted by Gasteiger charge is 2.12. The van der Waals surface area contributed by atoms with Gasteiger partial charge in [0, 0.05) is 0 Å². The molecule has 1 atom stereocenters. The Morgan fingerprint density at radius 2 is 1.81 bits per heavy atom. The molecular formula is C23H22N4O2S2. The lowest BCUT2D eigenvalue weighted by Gasteiger charge is -2.14. The van der Waals surface area contributed by atoms with Crippen LogP contribution in [0.4, 0.5) is 5.13 Å². The Bertz CT molecular complexity index is 1100. The molecule has 0 fully saturated rings. The Hall–Kier alpha value is -3.10. The zero-order chi connectivity index (χ0) is 21.5. The van der Waals surface area contributed by atoms with E-state index < -0.39 is 0 Å². The predicted octanol–water partition coefficient (Wildman–Crippen LogP) is 5.38. The second-order valence-corrected chi connectivity index (χ2v) is 9.07. The number of nitrogens with one attached hydrogen (secondary N) is 2. The third kappa shape index (κ3) is 5.96. The van der Waals surface area contributed by atoms with E-state index in [1.165, 1.54) is 28.7 Å². The fourth-order valence-corrected chi connectivity index (χ4v) is 4.56. The summed E-state index contributed by atoms with van der Waals surface area (Å²) < 4.78 is 6.03. The number of carbonyl (C=O) groups is 1. The SMILES string of the molecule is C[C@H](NC(=O)CSc1nnc(NCc2ccco2)s1)c1ccc(-c2ccccc2)cc1. The van der Waals surface area contributed by atoms with Crippen LogP contribution >= 0.6 is 23.1 Å². The summed E-state index contributed by atoms with van der Waals surface area (Å²) in [5.74, 6) is 1.08. The van der Waals surface area contributed by atoms with E-state index in [1.807, 2.05) is 37.3 Å². The summed E-state index contributed by atoms with van der Waals surface area (Å²) >= 11 is 2.80. The van der Waals surface area contributed by atoms with Crippen molar-refractivity contribution in [2.75, 3.05) is 11.1 Å².